The van der Waals surface area contributed by atoms with Crippen molar-refractivity contribution in [2.75, 3.05) is 0 Å². The Bertz CT molecular complexity index is 147. The third-order valence-corrected chi connectivity index (χ3v) is 3.29. The zero-order valence-electron chi connectivity index (χ0n) is 9.50. The smallest absolute Gasteiger partial charge is 0.101 e. The molecule has 0 spiro atoms. The zero-order valence-corrected chi connectivity index (χ0v) is 9.50. The first kappa shape index (κ1) is 11.6. The van der Waals surface area contributed by atoms with Crippen LogP contribution in [0.5, 0.6) is 0 Å². The second-order valence-electron chi connectivity index (χ2n) is 4.38. The van der Waals surface area contributed by atoms with Gasteiger partial charge in [-0.15, -0.1) is 0 Å². The van der Waals surface area contributed by atoms with Crippen molar-refractivity contribution < 1.29 is 4.74 Å². The fourth-order valence-electron chi connectivity index (χ4n) is 2.45. The van der Waals surface area contributed by atoms with Gasteiger partial charge in [0.15, 0.2) is 0 Å². The molecular weight excluding hydrogens is 172 g/mol. The van der Waals surface area contributed by atoms with E-state index in [1.54, 1.807) is 6.26 Å². The van der Waals surface area contributed by atoms with E-state index >= 15 is 0 Å². The number of hydrogen-bond acceptors (Lipinski definition) is 1. The lowest BCUT2D eigenvalue weighted by atomic mass is 9.83. The maximum Gasteiger partial charge on any atom is 0.101 e. The lowest BCUT2D eigenvalue weighted by molar-refractivity contribution is 0.0582. The average molecular weight is 196 g/mol. The van der Waals surface area contributed by atoms with Crippen molar-refractivity contribution in [1.29, 1.82) is 0 Å². The monoisotopic (exact) mass is 196 g/mol. The average Bonchev–Trinajstić information content (AvgIpc) is 2.25. The van der Waals surface area contributed by atoms with Gasteiger partial charge in [0.25, 0.3) is 0 Å². The summed E-state index contributed by atoms with van der Waals surface area (Å²) < 4.78 is 5.65. The molecule has 1 heteroatoms. The number of ether oxygens (including phenoxy) is 1. The lowest BCUT2D eigenvalue weighted by Crippen LogP contribution is -2.24. The minimum absolute atomic E-state index is 0.452. The van der Waals surface area contributed by atoms with Gasteiger partial charge in [-0.3, -0.25) is 0 Å². The summed E-state index contributed by atoms with van der Waals surface area (Å²) in [4.78, 5) is 0. The molecule has 1 nitrogen and oxygen atoms in total. The maximum atomic E-state index is 5.65. The van der Waals surface area contributed by atoms with Crippen LogP contribution in [0, 0.1) is 5.92 Å². The molecule has 0 saturated heterocycles. The molecule has 1 saturated carbocycles. The predicted molar refractivity (Wildman–Crippen MR) is 61.2 cm³/mol. The van der Waals surface area contributed by atoms with E-state index in [0.29, 0.717) is 6.10 Å². The highest BCUT2D eigenvalue weighted by Gasteiger charge is 2.23. The van der Waals surface area contributed by atoms with Gasteiger partial charge >= 0.3 is 0 Å². The van der Waals surface area contributed by atoms with E-state index in [1.807, 2.05) is 0 Å². The molecule has 1 aliphatic carbocycles. The largest absolute Gasteiger partial charge is 0.498 e. The molecule has 1 aliphatic rings. The van der Waals surface area contributed by atoms with Crippen molar-refractivity contribution in [3.63, 3.8) is 0 Å². The van der Waals surface area contributed by atoms with Crippen LogP contribution < -0.4 is 0 Å². The van der Waals surface area contributed by atoms with Crippen LogP contribution in [0.1, 0.15) is 58.3 Å². The fourth-order valence-corrected chi connectivity index (χ4v) is 2.45. The van der Waals surface area contributed by atoms with Gasteiger partial charge in [0.05, 0.1) is 6.26 Å². The van der Waals surface area contributed by atoms with Gasteiger partial charge in [0.2, 0.25) is 0 Å². The van der Waals surface area contributed by atoms with Crippen molar-refractivity contribution in [1.82, 2.24) is 0 Å². The third-order valence-electron chi connectivity index (χ3n) is 3.29. The molecule has 0 heterocycles. The summed E-state index contributed by atoms with van der Waals surface area (Å²) in [6.45, 7) is 5.92. The van der Waals surface area contributed by atoms with Gasteiger partial charge in [-0.25, -0.2) is 0 Å². The Hall–Kier alpha value is -0.460. The van der Waals surface area contributed by atoms with Gasteiger partial charge in [-0.05, 0) is 25.2 Å². The first-order valence-corrected chi connectivity index (χ1v) is 6.14. The molecule has 0 aliphatic heterocycles. The SMILES string of the molecule is C=COC(CCCC)C1CCCCC1. The summed E-state index contributed by atoms with van der Waals surface area (Å²) in [5.74, 6) is 0.799. The van der Waals surface area contributed by atoms with E-state index in [2.05, 4.69) is 13.5 Å². The number of unbranched alkanes of at least 4 members (excludes halogenated alkanes) is 1. The Morgan fingerprint density at radius 3 is 2.64 bits per heavy atom. The molecule has 1 unspecified atom stereocenters. The van der Waals surface area contributed by atoms with Gasteiger partial charge < -0.3 is 4.74 Å². The summed E-state index contributed by atoms with van der Waals surface area (Å²) in [5.41, 5.74) is 0. The van der Waals surface area contributed by atoms with Gasteiger partial charge in [-0.2, -0.15) is 0 Å². The topological polar surface area (TPSA) is 9.23 Å². The van der Waals surface area contributed by atoms with Crippen molar-refractivity contribution >= 4 is 0 Å². The Balaban J connectivity index is 2.34. The van der Waals surface area contributed by atoms with Gasteiger partial charge in [-0.1, -0.05) is 45.6 Å². The highest BCUT2D eigenvalue weighted by Crippen LogP contribution is 2.30. The van der Waals surface area contributed by atoms with Crippen molar-refractivity contribution in [2.24, 2.45) is 5.92 Å². The van der Waals surface area contributed by atoms with E-state index in [1.165, 1.54) is 51.4 Å². The van der Waals surface area contributed by atoms with Crippen LogP contribution in [0.15, 0.2) is 12.8 Å². The Labute approximate surface area is 88.5 Å². The highest BCUT2D eigenvalue weighted by atomic mass is 16.5. The second-order valence-corrected chi connectivity index (χ2v) is 4.38. The Kier molecular flexibility index (Phi) is 5.74. The van der Waals surface area contributed by atoms with Crippen LogP contribution in [0.25, 0.3) is 0 Å². The van der Waals surface area contributed by atoms with Crippen LogP contribution in [0.3, 0.4) is 0 Å². The molecule has 0 radical (unpaired) electrons. The summed E-state index contributed by atoms with van der Waals surface area (Å²) in [7, 11) is 0. The molecule has 14 heavy (non-hydrogen) atoms. The number of hydrogen-bond donors (Lipinski definition) is 0. The maximum absolute atomic E-state index is 5.65. The molecule has 0 aromatic carbocycles. The summed E-state index contributed by atoms with van der Waals surface area (Å²) in [5, 5.41) is 0. The molecule has 1 rings (SSSR count). The fraction of sp³-hybridized carbons (Fsp3) is 0.846. The van der Waals surface area contributed by atoms with E-state index in [4.69, 9.17) is 4.74 Å². The van der Waals surface area contributed by atoms with Crippen LogP contribution in [0.4, 0.5) is 0 Å². The van der Waals surface area contributed by atoms with Crippen LogP contribution >= 0.6 is 0 Å². The second kappa shape index (κ2) is 6.92. The molecule has 0 bridgehead atoms. The Morgan fingerprint density at radius 1 is 1.36 bits per heavy atom. The Morgan fingerprint density at radius 2 is 2.07 bits per heavy atom. The molecule has 0 aromatic heterocycles. The summed E-state index contributed by atoms with van der Waals surface area (Å²) in [6.07, 6.45) is 12.8. The van der Waals surface area contributed by atoms with Crippen LogP contribution in [0.2, 0.25) is 0 Å². The molecule has 0 N–H and O–H groups in total. The highest BCUT2D eigenvalue weighted by molar-refractivity contribution is 4.76. The first-order valence-electron chi connectivity index (χ1n) is 6.14. The predicted octanol–water partition coefficient (Wildman–Crippen LogP) is 4.29. The van der Waals surface area contributed by atoms with Crippen molar-refractivity contribution in [3.8, 4) is 0 Å². The van der Waals surface area contributed by atoms with E-state index in [-0.39, 0.29) is 0 Å². The van der Waals surface area contributed by atoms with Gasteiger partial charge in [0, 0.05) is 0 Å². The quantitative estimate of drug-likeness (QED) is 0.576. The molecule has 82 valence electrons. The molecule has 1 fully saturated rings. The van der Waals surface area contributed by atoms with Crippen LogP contribution in [-0.4, -0.2) is 6.10 Å². The normalized spacial score (nSPS) is 20.4. The molecule has 1 atom stereocenters. The van der Waals surface area contributed by atoms with Crippen molar-refractivity contribution in [2.45, 2.75) is 64.4 Å². The van der Waals surface area contributed by atoms with E-state index < -0.39 is 0 Å². The zero-order chi connectivity index (χ0) is 10.2. The standard InChI is InChI=1S/C13H24O/c1-3-5-11-13(14-4-2)12-9-7-6-8-10-12/h4,12-13H,2-3,5-11H2,1H3. The first-order chi connectivity index (χ1) is 6.88. The molecule has 0 amide bonds. The van der Waals surface area contributed by atoms with E-state index in [0.717, 1.165) is 5.92 Å². The van der Waals surface area contributed by atoms with Crippen molar-refractivity contribution in [3.05, 3.63) is 12.8 Å². The number of rotatable bonds is 6. The summed E-state index contributed by atoms with van der Waals surface area (Å²) in [6, 6.07) is 0. The third kappa shape index (κ3) is 3.73. The minimum atomic E-state index is 0.452. The molecule has 0 aromatic rings. The van der Waals surface area contributed by atoms with E-state index in [9.17, 15) is 0 Å². The summed E-state index contributed by atoms with van der Waals surface area (Å²) >= 11 is 0. The minimum Gasteiger partial charge on any atom is -0.498 e. The molecular formula is C13H24O. The van der Waals surface area contributed by atoms with Gasteiger partial charge in [0.1, 0.15) is 6.10 Å². The van der Waals surface area contributed by atoms with Crippen LogP contribution in [-0.2, 0) is 4.74 Å². The lowest BCUT2D eigenvalue weighted by Gasteiger charge is -2.29.